The van der Waals surface area contributed by atoms with Gasteiger partial charge in [0.05, 0.1) is 29.8 Å². The molecule has 0 bridgehead atoms. The number of amides is 2. The molecule has 1 N–H and O–H groups in total. The fourth-order valence-electron chi connectivity index (χ4n) is 1.49. The van der Waals surface area contributed by atoms with Crippen molar-refractivity contribution in [2.75, 3.05) is 32.1 Å². The highest BCUT2D eigenvalue weighted by Crippen LogP contribution is 2.25. The van der Waals surface area contributed by atoms with Gasteiger partial charge in [-0.05, 0) is 18.2 Å². The van der Waals surface area contributed by atoms with Crippen LogP contribution in [-0.4, -0.2) is 37.7 Å². The first-order chi connectivity index (χ1) is 9.58. The van der Waals surface area contributed by atoms with Crippen LogP contribution in [0.4, 0.5) is 10.5 Å². The molecule has 0 atom stereocenters. The van der Waals surface area contributed by atoms with Crippen LogP contribution in [-0.2, 0) is 4.74 Å². The Morgan fingerprint density at radius 2 is 2.20 bits per heavy atom. The summed E-state index contributed by atoms with van der Waals surface area (Å²) in [6.07, 6.45) is 0.250. The van der Waals surface area contributed by atoms with E-state index < -0.39 is 0 Å². The smallest absolute Gasteiger partial charge is 0.321 e. The quantitative estimate of drug-likeness (QED) is 0.875. The number of halogens is 2. The summed E-state index contributed by atoms with van der Waals surface area (Å²) in [6, 6.07) is 6.47. The lowest BCUT2D eigenvalue weighted by atomic mass is 10.3. The molecule has 108 valence electrons. The van der Waals surface area contributed by atoms with Gasteiger partial charge in [-0.1, -0.05) is 23.2 Å². The van der Waals surface area contributed by atoms with Crippen LogP contribution in [0.25, 0.3) is 0 Å². The predicted molar refractivity (Wildman–Crippen MR) is 79.2 cm³/mol. The van der Waals surface area contributed by atoms with E-state index in [9.17, 15) is 4.79 Å². The maximum Gasteiger partial charge on any atom is 0.321 e. The first-order valence-corrected chi connectivity index (χ1v) is 6.71. The van der Waals surface area contributed by atoms with Crippen LogP contribution >= 0.6 is 23.2 Å². The molecule has 0 radical (unpaired) electrons. The number of hydrogen-bond donors (Lipinski definition) is 1. The number of benzene rings is 1. The van der Waals surface area contributed by atoms with E-state index in [2.05, 4.69) is 5.32 Å². The summed E-state index contributed by atoms with van der Waals surface area (Å²) >= 11 is 11.8. The lowest BCUT2D eigenvalue weighted by Crippen LogP contribution is -2.38. The second-order valence-electron chi connectivity index (χ2n) is 3.94. The number of rotatable bonds is 6. The molecule has 0 aliphatic carbocycles. The second-order valence-corrected chi connectivity index (χ2v) is 4.79. The van der Waals surface area contributed by atoms with Crippen molar-refractivity contribution in [1.82, 2.24) is 4.90 Å². The van der Waals surface area contributed by atoms with Gasteiger partial charge in [-0.2, -0.15) is 5.26 Å². The number of nitrogens with zero attached hydrogens (tertiary/aromatic N) is 2. The van der Waals surface area contributed by atoms with E-state index in [4.69, 9.17) is 33.2 Å². The monoisotopic (exact) mass is 315 g/mol. The van der Waals surface area contributed by atoms with Crippen molar-refractivity contribution in [3.05, 3.63) is 28.2 Å². The number of anilines is 1. The van der Waals surface area contributed by atoms with Gasteiger partial charge in [-0.3, -0.25) is 0 Å². The molecule has 0 saturated heterocycles. The van der Waals surface area contributed by atoms with E-state index in [1.165, 1.54) is 4.90 Å². The zero-order chi connectivity index (χ0) is 15.0. The van der Waals surface area contributed by atoms with Crippen LogP contribution in [0.5, 0.6) is 0 Å². The topological polar surface area (TPSA) is 65.4 Å². The minimum Gasteiger partial charge on any atom is -0.383 e. The van der Waals surface area contributed by atoms with Crippen molar-refractivity contribution >= 4 is 34.9 Å². The molecule has 0 aliphatic rings. The molecule has 20 heavy (non-hydrogen) atoms. The fraction of sp³-hybridized carbons (Fsp3) is 0.385. The summed E-state index contributed by atoms with van der Waals surface area (Å²) in [5.74, 6) is 0. The second kappa shape index (κ2) is 8.64. The van der Waals surface area contributed by atoms with Crippen LogP contribution in [0.3, 0.4) is 0 Å². The van der Waals surface area contributed by atoms with Crippen LogP contribution < -0.4 is 5.32 Å². The SMILES string of the molecule is COCCN(CCC#N)C(=O)Nc1cc(Cl)ccc1Cl. The van der Waals surface area contributed by atoms with Gasteiger partial charge in [0.25, 0.3) is 0 Å². The molecule has 0 fully saturated rings. The first kappa shape index (κ1) is 16.6. The third-order valence-corrected chi connectivity index (χ3v) is 3.08. The van der Waals surface area contributed by atoms with Crippen molar-refractivity contribution in [3.63, 3.8) is 0 Å². The number of methoxy groups -OCH3 is 1. The zero-order valence-electron chi connectivity index (χ0n) is 11.0. The lowest BCUT2D eigenvalue weighted by Gasteiger charge is -2.22. The van der Waals surface area contributed by atoms with E-state index in [0.29, 0.717) is 35.4 Å². The molecule has 0 saturated carbocycles. The number of ether oxygens (including phenoxy) is 1. The van der Waals surface area contributed by atoms with E-state index in [1.54, 1.807) is 25.3 Å². The minimum atomic E-state index is -0.346. The zero-order valence-corrected chi connectivity index (χ0v) is 12.5. The summed E-state index contributed by atoms with van der Waals surface area (Å²) < 4.78 is 4.94. The summed E-state index contributed by atoms with van der Waals surface area (Å²) in [7, 11) is 1.55. The number of hydrogen-bond acceptors (Lipinski definition) is 3. The molecule has 2 amide bonds. The summed E-state index contributed by atoms with van der Waals surface area (Å²) in [6.45, 7) is 1.11. The third kappa shape index (κ3) is 5.25. The molecule has 7 heteroatoms. The average Bonchev–Trinajstić information content (AvgIpc) is 2.43. The molecular weight excluding hydrogens is 301 g/mol. The van der Waals surface area contributed by atoms with Crippen molar-refractivity contribution in [3.8, 4) is 6.07 Å². The van der Waals surface area contributed by atoms with Crippen LogP contribution in [0.15, 0.2) is 18.2 Å². The Bertz CT molecular complexity index is 503. The van der Waals surface area contributed by atoms with Gasteiger partial charge < -0.3 is 15.0 Å². The number of carbonyl (C=O) groups is 1. The molecule has 1 aromatic rings. The van der Waals surface area contributed by atoms with Crippen LogP contribution in [0.1, 0.15) is 6.42 Å². The Labute approximate surface area is 128 Å². The average molecular weight is 316 g/mol. The van der Waals surface area contributed by atoms with Crippen molar-refractivity contribution in [2.45, 2.75) is 6.42 Å². The highest BCUT2D eigenvalue weighted by Gasteiger charge is 2.14. The van der Waals surface area contributed by atoms with Crippen molar-refractivity contribution in [2.24, 2.45) is 0 Å². The Balaban J connectivity index is 2.73. The Morgan fingerprint density at radius 3 is 2.85 bits per heavy atom. The Morgan fingerprint density at radius 1 is 1.45 bits per heavy atom. The van der Waals surface area contributed by atoms with E-state index >= 15 is 0 Å². The van der Waals surface area contributed by atoms with Gasteiger partial charge in [-0.25, -0.2) is 4.79 Å². The fourth-order valence-corrected chi connectivity index (χ4v) is 1.83. The number of nitriles is 1. The van der Waals surface area contributed by atoms with Crippen molar-refractivity contribution in [1.29, 1.82) is 5.26 Å². The molecule has 5 nitrogen and oxygen atoms in total. The maximum absolute atomic E-state index is 12.1. The molecule has 0 heterocycles. The molecule has 0 aromatic heterocycles. The van der Waals surface area contributed by atoms with E-state index in [-0.39, 0.29) is 12.5 Å². The van der Waals surface area contributed by atoms with Crippen molar-refractivity contribution < 1.29 is 9.53 Å². The number of carbonyl (C=O) groups excluding carboxylic acids is 1. The highest BCUT2D eigenvalue weighted by atomic mass is 35.5. The number of urea groups is 1. The Hall–Kier alpha value is -1.48. The van der Waals surface area contributed by atoms with Crippen LogP contribution in [0.2, 0.25) is 10.0 Å². The largest absolute Gasteiger partial charge is 0.383 e. The maximum atomic E-state index is 12.1. The lowest BCUT2D eigenvalue weighted by molar-refractivity contribution is 0.156. The number of nitrogens with one attached hydrogen (secondary N) is 1. The van der Waals surface area contributed by atoms with Gasteiger partial charge in [-0.15, -0.1) is 0 Å². The first-order valence-electron chi connectivity index (χ1n) is 5.95. The molecule has 0 spiro atoms. The predicted octanol–water partition coefficient (Wildman–Crippen LogP) is 3.39. The molecule has 1 aromatic carbocycles. The van der Waals surface area contributed by atoms with E-state index in [0.717, 1.165) is 0 Å². The summed E-state index contributed by atoms with van der Waals surface area (Å²) in [5.41, 5.74) is 0.434. The Kier molecular flexibility index (Phi) is 7.16. The van der Waals surface area contributed by atoms with E-state index in [1.807, 2.05) is 6.07 Å². The third-order valence-electron chi connectivity index (χ3n) is 2.52. The highest BCUT2D eigenvalue weighted by molar-refractivity contribution is 6.35. The van der Waals surface area contributed by atoms with Gasteiger partial charge in [0.2, 0.25) is 0 Å². The molecule has 1 rings (SSSR count). The minimum absolute atomic E-state index is 0.250. The molecular formula is C13H15Cl2N3O2. The standard InChI is InChI=1S/C13H15Cl2N3O2/c1-20-8-7-18(6-2-5-16)13(19)17-12-9-10(14)3-4-11(12)15/h3-4,9H,2,6-8H2,1H3,(H,17,19). The van der Waals surface area contributed by atoms with Gasteiger partial charge in [0.15, 0.2) is 0 Å². The van der Waals surface area contributed by atoms with Gasteiger partial charge in [0.1, 0.15) is 0 Å². The van der Waals surface area contributed by atoms with Gasteiger partial charge in [0, 0.05) is 25.2 Å². The summed E-state index contributed by atoms with van der Waals surface area (Å²) in [4.78, 5) is 13.6. The summed E-state index contributed by atoms with van der Waals surface area (Å²) in [5, 5.41) is 12.2. The van der Waals surface area contributed by atoms with Gasteiger partial charge >= 0.3 is 6.03 Å². The van der Waals surface area contributed by atoms with Crippen LogP contribution in [0, 0.1) is 11.3 Å². The normalized spacial score (nSPS) is 9.90. The molecule has 0 unspecified atom stereocenters. The molecule has 0 aliphatic heterocycles.